The average molecular weight is 209 g/mol. The predicted molar refractivity (Wildman–Crippen MR) is 53.1 cm³/mol. The SMILES string of the molecule is Cc1cnc2c(OC(F)F)cccc2c1. The maximum Gasteiger partial charge on any atom is 0.387 e. The van der Waals surface area contributed by atoms with Crippen LogP contribution in [-0.4, -0.2) is 11.6 Å². The van der Waals surface area contributed by atoms with Crippen molar-refractivity contribution in [3.63, 3.8) is 0 Å². The molecule has 0 aliphatic heterocycles. The largest absolute Gasteiger partial charge is 0.432 e. The molecule has 15 heavy (non-hydrogen) atoms. The number of fused-ring (bicyclic) bond motifs is 1. The van der Waals surface area contributed by atoms with Crippen molar-refractivity contribution in [2.45, 2.75) is 13.5 Å². The van der Waals surface area contributed by atoms with Crippen LogP contribution >= 0.6 is 0 Å². The van der Waals surface area contributed by atoms with E-state index in [4.69, 9.17) is 0 Å². The second-order valence-electron chi connectivity index (χ2n) is 3.22. The Labute approximate surface area is 85.5 Å². The van der Waals surface area contributed by atoms with Gasteiger partial charge in [-0.05, 0) is 24.6 Å². The summed E-state index contributed by atoms with van der Waals surface area (Å²) in [5.41, 5.74) is 1.44. The van der Waals surface area contributed by atoms with E-state index in [0.717, 1.165) is 10.9 Å². The Bertz CT molecular complexity index is 485. The van der Waals surface area contributed by atoms with Crippen molar-refractivity contribution >= 4 is 10.9 Å². The molecule has 0 atom stereocenters. The Morgan fingerprint density at radius 3 is 2.87 bits per heavy atom. The first-order chi connectivity index (χ1) is 7.16. The van der Waals surface area contributed by atoms with Gasteiger partial charge in [-0.2, -0.15) is 8.78 Å². The lowest BCUT2D eigenvalue weighted by Gasteiger charge is -2.07. The normalized spacial score (nSPS) is 10.9. The van der Waals surface area contributed by atoms with Gasteiger partial charge in [0.2, 0.25) is 0 Å². The first kappa shape index (κ1) is 9.83. The molecular weight excluding hydrogens is 200 g/mol. The number of nitrogens with zero attached hydrogens (tertiary/aromatic N) is 1. The van der Waals surface area contributed by atoms with E-state index in [1.807, 2.05) is 19.1 Å². The number of aromatic nitrogens is 1. The van der Waals surface area contributed by atoms with Crippen molar-refractivity contribution < 1.29 is 13.5 Å². The van der Waals surface area contributed by atoms with E-state index in [1.54, 1.807) is 12.3 Å². The van der Waals surface area contributed by atoms with Gasteiger partial charge in [-0.15, -0.1) is 0 Å². The molecule has 2 aromatic rings. The van der Waals surface area contributed by atoms with Crippen LogP contribution in [0.5, 0.6) is 5.75 Å². The van der Waals surface area contributed by atoms with Crippen LogP contribution in [0.3, 0.4) is 0 Å². The Hall–Kier alpha value is -1.71. The van der Waals surface area contributed by atoms with Gasteiger partial charge in [0.15, 0.2) is 5.75 Å². The highest BCUT2D eigenvalue weighted by Crippen LogP contribution is 2.25. The standard InChI is InChI=1S/C11H9F2NO/c1-7-5-8-3-2-4-9(15-11(12)13)10(8)14-6-7/h2-6,11H,1H3. The second-order valence-corrected chi connectivity index (χ2v) is 3.22. The van der Waals surface area contributed by atoms with Gasteiger partial charge in [0.25, 0.3) is 0 Å². The third kappa shape index (κ3) is 2.03. The van der Waals surface area contributed by atoms with Crippen molar-refractivity contribution in [2.75, 3.05) is 0 Å². The molecule has 0 aliphatic carbocycles. The molecule has 1 heterocycles. The minimum Gasteiger partial charge on any atom is -0.432 e. The molecule has 0 aliphatic rings. The van der Waals surface area contributed by atoms with Gasteiger partial charge in [0.05, 0.1) is 0 Å². The summed E-state index contributed by atoms with van der Waals surface area (Å²) in [7, 11) is 0. The number of alkyl halides is 2. The summed E-state index contributed by atoms with van der Waals surface area (Å²) < 4.78 is 28.5. The number of ether oxygens (including phenoxy) is 1. The number of para-hydroxylation sites is 1. The molecule has 0 saturated heterocycles. The molecule has 1 aromatic heterocycles. The zero-order chi connectivity index (χ0) is 10.8. The quantitative estimate of drug-likeness (QED) is 0.758. The zero-order valence-electron chi connectivity index (χ0n) is 8.08. The van der Waals surface area contributed by atoms with Crippen LogP contribution in [0.1, 0.15) is 5.56 Å². The molecule has 0 bridgehead atoms. The van der Waals surface area contributed by atoms with Crippen LogP contribution in [0.4, 0.5) is 8.78 Å². The van der Waals surface area contributed by atoms with Gasteiger partial charge in [0, 0.05) is 11.6 Å². The maximum absolute atomic E-state index is 12.1. The smallest absolute Gasteiger partial charge is 0.387 e. The fourth-order valence-corrected chi connectivity index (χ4v) is 1.43. The van der Waals surface area contributed by atoms with E-state index in [9.17, 15) is 8.78 Å². The molecule has 78 valence electrons. The van der Waals surface area contributed by atoms with Gasteiger partial charge < -0.3 is 4.74 Å². The molecule has 2 rings (SSSR count). The minimum absolute atomic E-state index is 0.113. The van der Waals surface area contributed by atoms with Crippen LogP contribution in [-0.2, 0) is 0 Å². The molecule has 4 heteroatoms. The number of hydrogen-bond acceptors (Lipinski definition) is 2. The molecule has 2 nitrogen and oxygen atoms in total. The second kappa shape index (κ2) is 3.81. The third-order valence-corrected chi connectivity index (χ3v) is 2.03. The van der Waals surface area contributed by atoms with Crippen molar-refractivity contribution in [2.24, 2.45) is 0 Å². The minimum atomic E-state index is -2.82. The van der Waals surface area contributed by atoms with Crippen LogP contribution < -0.4 is 4.74 Å². The summed E-state index contributed by atoms with van der Waals surface area (Å²) in [6.45, 7) is -0.925. The summed E-state index contributed by atoms with van der Waals surface area (Å²) in [6.07, 6.45) is 1.63. The highest BCUT2D eigenvalue weighted by Gasteiger charge is 2.08. The highest BCUT2D eigenvalue weighted by molar-refractivity contribution is 5.84. The number of rotatable bonds is 2. The van der Waals surface area contributed by atoms with Crippen LogP contribution in [0, 0.1) is 6.92 Å². The summed E-state index contributed by atoms with van der Waals surface area (Å²) in [5.74, 6) is 0.113. The topological polar surface area (TPSA) is 22.1 Å². The molecule has 0 amide bonds. The molecule has 0 fully saturated rings. The van der Waals surface area contributed by atoms with Gasteiger partial charge >= 0.3 is 6.61 Å². The van der Waals surface area contributed by atoms with E-state index >= 15 is 0 Å². The van der Waals surface area contributed by atoms with Gasteiger partial charge in [-0.1, -0.05) is 12.1 Å². The Kier molecular flexibility index (Phi) is 2.49. The molecule has 0 radical (unpaired) electrons. The summed E-state index contributed by atoms with van der Waals surface area (Å²) in [4.78, 5) is 4.08. The molecule has 0 saturated carbocycles. The fraction of sp³-hybridized carbons (Fsp3) is 0.182. The van der Waals surface area contributed by atoms with Crippen LogP contribution in [0.25, 0.3) is 10.9 Å². The Morgan fingerprint density at radius 2 is 2.13 bits per heavy atom. The molecule has 0 spiro atoms. The Balaban J connectivity index is 2.56. The van der Waals surface area contributed by atoms with Crippen molar-refractivity contribution in [1.82, 2.24) is 4.98 Å². The van der Waals surface area contributed by atoms with Crippen LogP contribution in [0.15, 0.2) is 30.5 Å². The third-order valence-electron chi connectivity index (χ3n) is 2.03. The molecule has 1 aromatic carbocycles. The van der Waals surface area contributed by atoms with E-state index in [2.05, 4.69) is 9.72 Å². The zero-order valence-corrected chi connectivity index (χ0v) is 8.08. The fourth-order valence-electron chi connectivity index (χ4n) is 1.43. The number of hydrogen-bond donors (Lipinski definition) is 0. The van der Waals surface area contributed by atoms with Gasteiger partial charge in [-0.25, -0.2) is 0 Å². The first-order valence-corrected chi connectivity index (χ1v) is 4.47. The lowest BCUT2D eigenvalue weighted by molar-refractivity contribution is -0.0489. The van der Waals surface area contributed by atoms with Crippen molar-refractivity contribution in [3.05, 3.63) is 36.0 Å². The number of benzene rings is 1. The monoisotopic (exact) mass is 209 g/mol. The van der Waals surface area contributed by atoms with Gasteiger partial charge in [0.1, 0.15) is 5.52 Å². The van der Waals surface area contributed by atoms with Crippen LogP contribution in [0.2, 0.25) is 0 Å². The average Bonchev–Trinajstić information content (AvgIpc) is 2.16. The summed E-state index contributed by atoms with van der Waals surface area (Å²) in [6, 6.07) is 6.84. The highest BCUT2D eigenvalue weighted by atomic mass is 19.3. The Morgan fingerprint density at radius 1 is 1.33 bits per heavy atom. The summed E-state index contributed by atoms with van der Waals surface area (Å²) >= 11 is 0. The van der Waals surface area contributed by atoms with Crippen molar-refractivity contribution in [1.29, 1.82) is 0 Å². The van der Waals surface area contributed by atoms with E-state index < -0.39 is 6.61 Å². The summed E-state index contributed by atoms with van der Waals surface area (Å²) in [5, 5.41) is 0.799. The number of halogens is 2. The lowest BCUT2D eigenvalue weighted by Crippen LogP contribution is -2.02. The van der Waals surface area contributed by atoms with Crippen molar-refractivity contribution in [3.8, 4) is 5.75 Å². The predicted octanol–water partition coefficient (Wildman–Crippen LogP) is 3.14. The van der Waals surface area contributed by atoms with E-state index in [1.165, 1.54) is 6.07 Å². The molecule has 0 unspecified atom stereocenters. The number of aryl methyl sites for hydroxylation is 1. The van der Waals surface area contributed by atoms with E-state index in [0.29, 0.717) is 5.52 Å². The molecular formula is C11H9F2NO. The van der Waals surface area contributed by atoms with Gasteiger partial charge in [-0.3, -0.25) is 4.98 Å². The van der Waals surface area contributed by atoms with E-state index in [-0.39, 0.29) is 5.75 Å². The first-order valence-electron chi connectivity index (χ1n) is 4.47. The lowest BCUT2D eigenvalue weighted by atomic mass is 10.1. The maximum atomic E-state index is 12.1. The number of pyridine rings is 1. The molecule has 0 N–H and O–H groups in total.